The molecule has 0 saturated heterocycles. The Kier molecular flexibility index (Phi) is 8.08. The van der Waals surface area contributed by atoms with Gasteiger partial charge in [-0.05, 0) is 72.1 Å². The number of carboxylic acid groups (broad SMARTS) is 1. The summed E-state index contributed by atoms with van der Waals surface area (Å²) in [6, 6.07) is 23.0. The van der Waals surface area contributed by atoms with Gasteiger partial charge in [-0.2, -0.15) is 5.26 Å². The molecule has 6 aromatic rings. The van der Waals surface area contributed by atoms with Crippen LogP contribution in [0.3, 0.4) is 0 Å². The lowest BCUT2D eigenvalue weighted by atomic mass is 10.0. The van der Waals surface area contributed by atoms with Gasteiger partial charge in [0.25, 0.3) is 0 Å². The second-order valence-corrected chi connectivity index (χ2v) is 10.5. The second-order valence-electron chi connectivity index (χ2n) is 10.5. The second kappa shape index (κ2) is 12.4. The van der Waals surface area contributed by atoms with E-state index in [9.17, 15) is 14.3 Å². The number of carbonyl (C=O) groups is 1. The molecule has 0 saturated carbocycles. The summed E-state index contributed by atoms with van der Waals surface area (Å²) in [5, 5.41) is 18.5. The fraction of sp³-hybridized carbons (Fsp3) is 0.143. The fourth-order valence-corrected chi connectivity index (χ4v) is 5.24. The minimum Gasteiger partial charge on any atom is -0.489 e. The molecular weight excluding hydrogens is 576 g/mol. The third kappa shape index (κ3) is 6.15. The number of aryl methyl sites for hydroxylation is 1. The summed E-state index contributed by atoms with van der Waals surface area (Å²) >= 11 is 0. The van der Waals surface area contributed by atoms with Gasteiger partial charge in [-0.1, -0.05) is 30.3 Å². The average molecular weight is 604 g/mol. The van der Waals surface area contributed by atoms with Gasteiger partial charge >= 0.3 is 5.97 Å². The van der Waals surface area contributed by atoms with Crippen molar-refractivity contribution in [2.45, 2.75) is 33.0 Å². The molecule has 6 rings (SSSR count). The highest BCUT2D eigenvalue weighted by molar-refractivity contribution is 5.92. The van der Waals surface area contributed by atoms with Crippen molar-refractivity contribution < 1.29 is 23.4 Å². The summed E-state index contributed by atoms with van der Waals surface area (Å²) in [6.45, 7) is 3.09. The normalized spacial score (nSPS) is 11.1. The van der Waals surface area contributed by atoms with Crippen molar-refractivity contribution in [2.75, 3.05) is 0 Å². The van der Waals surface area contributed by atoms with Crippen molar-refractivity contribution >= 4 is 17.0 Å². The lowest BCUT2D eigenvalue weighted by Gasteiger charge is -2.13. The number of imidazole rings is 2. The molecule has 0 atom stereocenters. The number of rotatable bonds is 10. The smallest absolute Gasteiger partial charge is 0.335 e. The van der Waals surface area contributed by atoms with Crippen LogP contribution in [0.5, 0.6) is 5.75 Å². The molecular formula is C35H27F2N5O3. The molecule has 224 valence electrons. The number of hydrogen-bond donors (Lipinski definition) is 1. The van der Waals surface area contributed by atoms with Crippen LogP contribution in [0, 0.1) is 23.0 Å². The number of nitriles is 1. The molecule has 0 bridgehead atoms. The SMILES string of the molecule is CCn1cncc1Cn1c(Cc2ccc(-c3cccc(OCc4ccc(C#N)cc4F)c3)cc2F)nc2ccc(C(=O)O)cc21. The Morgan fingerprint density at radius 1 is 0.978 bits per heavy atom. The van der Waals surface area contributed by atoms with Crippen LogP contribution >= 0.6 is 0 Å². The van der Waals surface area contributed by atoms with Crippen LogP contribution in [0.2, 0.25) is 0 Å². The highest BCUT2D eigenvalue weighted by atomic mass is 19.1. The molecule has 10 heteroatoms. The number of fused-ring (bicyclic) bond motifs is 1. The molecule has 2 heterocycles. The van der Waals surface area contributed by atoms with Crippen LogP contribution in [0.1, 0.15) is 45.5 Å². The van der Waals surface area contributed by atoms with E-state index in [-0.39, 0.29) is 24.2 Å². The molecule has 0 amide bonds. The van der Waals surface area contributed by atoms with E-state index >= 15 is 4.39 Å². The van der Waals surface area contributed by atoms with E-state index in [1.54, 1.807) is 48.9 Å². The molecule has 0 spiro atoms. The lowest BCUT2D eigenvalue weighted by Crippen LogP contribution is -2.10. The first-order valence-electron chi connectivity index (χ1n) is 14.2. The third-order valence-electron chi connectivity index (χ3n) is 7.68. The van der Waals surface area contributed by atoms with Crippen LogP contribution in [-0.2, 0) is 26.1 Å². The average Bonchev–Trinajstić information content (AvgIpc) is 3.65. The first-order valence-corrected chi connectivity index (χ1v) is 14.2. The monoisotopic (exact) mass is 603 g/mol. The molecule has 0 aliphatic carbocycles. The number of aromatic carboxylic acids is 1. The van der Waals surface area contributed by atoms with Crippen molar-refractivity contribution in [1.29, 1.82) is 5.26 Å². The predicted octanol–water partition coefficient (Wildman–Crippen LogP) is 6.99. The molecule has 4 aromatic carbocycles. The summed E-state index contributed by atoms with van der Waals surface area (Å²) in [5.74, 6) is -0.895. The van der Waals surface area contributed by atoms with Gasteiger partial charge in [0.1, 0.15) is 29.8 Å². The van der Waals surface area contributed by atoms with E-state index in [4.69, 9.17) is 15.0 Å². The van der Waals surface area contributed by atoms with Crippen LogP contribution < -0.4 is 4.74 Å². The van der Waals surface area contributed by atoms with E-state index in [0.717, 1.165) is 11.3 Å². The molecule has 2 aromatic heterocycles. The molecule has 1 N–H and O–H groups in total. The summed E-state index contributed by atoms with van der Waals surface area (Å²) in [6.07, 6.45) is 3.68. The number of aromatic nitrogens is 4. The van der Waals surface area contributed by atoms with Crippen LogP contribution in [0.4, 0.5) is 8.78 Å². The number of carboxylic acids is 1. The standard InChI is InChI=1S/C35H27F2N5O3/c1-2-41-21-39-18-28(41)19-42-33-15-26(35(43)44)10-11-32(33)40-34(42)16-25-9-8-24(14-31(25)37)23-4-3-5-29(13-23)45-20-27-7-6-22(17-38)12-30(27)36/h3-15,18,21H,2,16,19-20H2,1H3,(H,43,44). The Labute approximate surface area is 257 Å². The molecule has 0 unspecified atom stereocenters. The van der Waals surface area contributed by atoms with Gasteiger partial charge in [-0.3, -0.25) is 0 Å². The Balaban J connectivity index is 1.26. The van der Waals surface area contributed by atoms with E-state index in [1.807, 2.05) is 34.3 Å². The van der Waals surface area contributed by atoms with Crippen LogP contribution in [0.15, 0.2) is 91.4 Å². The highest BCUT2D eigenvalue weighted by Gasteiger charge is 2.17. The zero-order valence-corrected chi connectivity index (χ0v) is 24.2. The number of ether oxygens (including phenoxy) is 1. The van der Waals surface area contributed by atoms with Gasteiger partial charge in [0, 0.05) is 24.7 Å². The third-order valence-corrected chi connectivity index (χ3v) is 7.68. The predicted molar refractivity (Wildman–Crippen MR) is 164 cm³/mol. The Bertz CT molecular complexity index is 2090. The van der Waals surface area contributed by atoms with Gasteiger partial charge in [-0.25, -0.2) is 23.5 Å². The number of benzene rings is 4. The first kappa shape index (κ1) is 29.3. The maximum Gasteiger partial charge on any atom is 0.335 e. The van der Waals surface area contributed by atoms with Gasteiger partial charge in [0.15, 0.2) is 0 Å². The number of nitrogens with zero attached hydrogens (tertiary/aromatic N) is 5. The van der Waals surface area contributed by atoms with E-state index in [0.29, 0.717) is 52.4 Å². The maximum absolute atomic E-state index is 15.6. The largest absolute Gasteiger partial charge is 0.489 e. The molecule has 45 heavy (non-hydrogen) atoms. The molecule has 0 aliphatic heterocycles. The van der Waals surface area contributed by atoms with Gasteiger partial charge < -0.3 is 19.0 Å². The topological polar surface area (TPSA) is 106 Å². The minimum absolute atomic E-state index is 0.0255. The minimum atomic E-state index is -1.04. The number of hydrogen-bond acceptors (Lipinski definition) is 5. The maximum atomic E-state index is 15.6. The Morgan fingerprint density at radius 3 is 2.53 bits per heavy atom. The van der Waals surface area contributed by atoms with Gasteiger partial charge in [-0.15, -0.1) is 0 Å². The van der Waals surface area contributed by atoms with Crippen molar-refractivity contribution in [3.8, 4) is 22.9 Å². The zero-order chi connectivity index (χ0) is 31.5. The Morgan fingerprint density at radius 2 is 1.78 bits per heavy atom. The molecule has 0 aliphatic rings. The van der Waals surface area contributed by atoms with Crippen molar-refractivity contribution in [3.63, 3.8) is 0 Å². The molecule has 0 radical (unpaired) electrons. The van der Waals surface area contributed by atoms with E-state index in [1.165, 1.54) is 30.3 Å². The van der Waals surface area contributed by atoms with Crippen LogP contribution in [-0.4, -0.2) is 30.2 Å². The van der Waals surface area contributed by atoms with E-state index < -0.39 is 17.6 Å². The zero-order valence-electron chi connectivity index (χ0n) is 24.2. The van der Waals surface area contributed by atoms with Crippen molar-refractivity contribution in [2.24, 2.45) is 0 Å². The summed E-state index contributed by atoms with van der Waals surface area (Å²) in [4.78, 5) is 20.7. The summed E-state index contributed by atoms with van der Waals surface area (Å²) < 4.78 is 39.6. The van der Waals surface area contributed by atoms with Crippen LogP contribution in [0.25, 0.3) is 22.2 Å². The lowest BCUT2D eigenvalue weighted by molar-refractivity contribution is 0.0697. The van der Waals surface area contributed by atoms with Gasteiger partial charge in [0.2, 0.25) is 0 Å². The Hall–Kier alpha value is -5.82. The highest BCUT2D eigenvalue weighted by Crippen LogP contribution is 2.28. The van der Waals surface area contributed by atoms with Crippen molar-refractivity contribution in [1.82, 2.24) is 19.1 Å². The van der Waals surface area contributed by atoms with Crippen molar-refractivity contribution in [3.05, 3.63) is 137 Å². The molecule has 8 nitrogen and oxygen atoms in total. The first-order chi connectivity index (χ1) is 21.8. The fourth-order valence-electron chi connectivity index (χ4n) is 5.24. The number of halogens is 2. The summed E-state index contributed by atoms with van der Waals surface area (Å²) in [5.41, 5.74) is 4.66. The molecule has 0 fully saturated rings. The van der Waals surface area contributed by atoms with Gasteiger partial charge in [0.05, 0.1) is 46.8 Å². The van der Waals surface area contributed by atoms with E-state index in [2.05, 4.69) is 4.98 Å². The summed E-state index contributed by atoms with van der Waals surface area (Å²) in [7, 11) is 0. The quantitative estimate of drug-likeness (QED) is 0.181.